The number of hydrogen-bond acceptors (Lipinski definition) is 10. The molecule has 4 aliphatic heterocycles. The topological polar surface area (TPSA) is 147 Å². The van der Waals surface area contributed by atoms with Crippen LogP contribution in [-0.4, -0.2) is 113 Å². The summed E-state index contributed by atoms with van der Waals surface area (Å²) in [5.74, 6) is -0.864. The molecule has 1 aliphatic carbocycles. The second-order valence-corrected chi connectivity index (χ2v) is 20.8. The molecule has 8 rings (SSSR count). The SMILES string of the molecule is CO[C@@H](C)C1=C(c2c3c4cc(ccc4n2CC(F)(F)F)-c2cc(O)cc(c2)C[C@H](NC(=O)OC(C)(C)C)C(=O)N2CCC[C@H](N2)C(=O)OCC(C)(C)C3)C[C@@H](C2CCN(C3CC3)CC2)C=N1. The van der Waals surface area contributed by atoms with Gasteiger partial charge in [0.25, 0.3) is 5.91 Å². The van der Waals surface area contributed by atoms with Crippen LogP contribution in [0.15, 0.2) is 47.1 Å². The van der Waals surface area contributed by atoms with Crippen molar-refractivity contribution in [1.29, 1.82) is 0 Å². The monoisotopic (exact) mass is 918 g/mol. The number of benzene rings is 2. The normalized spacial score (nSPS) is 24.3. The van der Waals surface area contributed by atoms with Gasteiger partial charge >= 0.3 is 18.2 Å². The number of amides is 2. The number of aromatic hydroxyl groups is 1. The second kappa shape index (κ2) is 18.6. The summed E-state index contributed by atoms with van der Waals surface area (Å²) in [7, 11) is 1.58. The Morgan fingerprint density at radius 3 is 2.44 bits per heavy atom. The summed E-state index contributed by atoms with van der Waals surface area (Å²) in [6, 6.07) is 8.81. The Balaban J connectivity index is 1.28. The fourth-order valence-electron chi connectivity index (χ4n) is 10.3. The number of hydrazine groups is 1. The highest BCUT2D eigenvalue weighted by Gasteiger charge is 2.40. The van der Waals surface area contributed by atoms with Gasteiger partial charge in [-0.1, -0.05) is 26.0 Å². The number of fused-ring (bicyclic) bond motifs is 6. The summed E-state index contributed by atoms with van der Waals surface area (Å²) in [5, 5.41) is 15.8. The lowest BCUT2D eigenvalue weighted by Crippen LogP contribution is -2.60. The van der Waals surface area contributed by atoms with Crippen molar-refractivity contribution in [1.82, 2.24) is 25.2 Å². The number of halogens is 3. The minimum absolute atomic E-state index is 0.0104. The van der Waals surface area contributed by atoms with E-state index in [1.165, 1.54) is 28.5 Å². The molecule has 2 aromatic carbocycles. The van der Waals surface area contributed by atoms with Gasteiger partial charge < -0.3 is 34.1 Å². The van der Waals surface area contributed by atoms with E-state index < -0.39 is 59.9 Å². The Bertz CT molecular complexity index is 2390. The van der Waals surface area contributed by atoms with Crippen LogP contribution in [0.2, 0.25) is 0 Å². The molecule has 5 heterocycles. The van der Waals surface area contributed by atoms with Crippen LogP contribution >= 0.6 is 0 Å². The van der Waals surface area contributed by atoms with Crippen molar-refractivity contribution in [2.75, 3.05) is 33.4 Å². The number of phenols is 1. The molecule has 5 aliphatic rings. The van der Waals surface area contributed by atoms with Gasteiger partial charge in [0.1, 0.15) is 30.0 Å². The first kappa shape index (κ1) is 47.6. The summed E-state index contributed by atoms with van der Waals surface area (Å²) in [6.07, 6.45) is 2.05. The zero-order valence-electron chi connectivity index (χ0n) is 39.2. The summed E-state index contributed by atoms with van der Waals surface area (Å²) < 4.78 is 63.9. The Morgan fingerprint density at radius 1 is 1.02 bits per heavy atom. The standard InChI is InChI=1S/C50H65F3N6O7/c1-29(64-7)43-38(24-34(26-54-43)31-14-17-57(18-15-31)35-11-12-35)44-39-25-49(5,6)28-65-46(62)40-9-8-16-59(56-40)45(61)41(55-47(63)66-48(2,3)4)21-30-19-33(22-36(60)20-30)32-10-13-42(37(39)23-32)58(44)27-50(51,52)53/h10,13,19-20,22-23,26,29,31,34-35,40-41,56,60H,8-9,11-12,14-18,21,24-25,27-28H2,1-7H3,(H,55,63)/t29-,34+,40-,41-/m0/s1. The van der Waals surface area contributed by atoms with E-state index in [0.29, 0.717) is 81.3 Å². The van der Waals surface area contributed by atoms with Crippen LogP contribution in [0, 0.1) is 17.3 Å². The number of piperidine rings is 1. The number of phenolic OH excluding ortho intramolecular Hbond substituents is 1. The van der Waals surface area contributed by atoms with Gasteiger partial charge in [-0.15, -0.1) is 0 Å². The minimum Gasteiger partial charge on any atom is -0.508 e. The summed E-state index contributed by atoms with van der Waals surface area (Å²) in [4.78, 5) is 48.9. The van der Waals surface area contributed by atoms with Gasteiger partial charge in [0.15, 0.2) is 0 Å². The van der Waals surface area contributed by atoms with Crippen LogP contribution in [0.3, 0.4) is 0 Å². The molecule has 0 unspecified atom stereocenters. The predicted molar refractivity (Wildman–Crippen MR) is 246 cm³/mol. The number of cyclic esters (lactones) is 1. The first-order valence-corrected chi connectivity index (χ1v) is 23.5. The number of ether oxygens (including phenoxy) is 3. The van der Waals surface area contributed by atoms with Crippen LogP contribution in [0.1, 0.15) is 103 Å². The van der Waals surface area contributed by atoms with E-state index in [1.807, 2.05) is 33.1 Å². The van der Waals surface area contributed by atoms with E-state index in [1.54, 1.807) is 52.1 Å². The molecule has 3 fully saturated rings. The quantitative estimate of drug-likeness (QED) is 0.199. The molecule has 1 saturated carbocycles. The summed E-state index contributed by atoms with van der Waals surface area (Å²) >= 11 is 0. The highest BCUT2D eigenvalue weighted by atomic mass is 19.4. The number of nitrogens with zero attached hydrogens (tertiary/aromatic N) is 4. The van der Waals surface area contributed by atoms with Crippen molar-refractivity contribution in [3.05, 3.63) is 58.9 Å². The summed E-state index contributed by atoms with van der Waals surface area (Å²) in [5.41, 5.74) is 5.86. The zero-order valence-corrected chi connectivity index (χ0v) is 39.2. The fourth-order valence-corrected chi connectivity index (χ4v) is 10.3. The van der Waals surface area contributed by atoms with Gasteiger partial charge in [-0.25, -0.2) is 10.2 Å². The maximum Gasteiger partial charge on any atom is 0.408 e. The van der Waals surface area contributed by atoms with Crippen LogP contribution in [0.25, 0.3) is 27.6 Å². The van der Waals surface area contributed by atoms with E-state index in [2.05, 4.69) is 15.6 Å². The number of esters is 1. The molecular weight excluding hydrogens is 854 g/mol. The molecule has 6 bridgehead atoms. The first-order valence-electron chi connectivity index (χ1n) is 23.5. The van der Waals surface area contributed by atoms with Crippen molar-refractivity contribution >= 4 is 40.7 Å². The molecule has 66 heavy (non-hydrogen) atoms. The van der Waals surface area contributed by atoms with Gasteiger partial charge in [0, 0.05) is 60.1 Å². The highest BCUT2D eigenvalue weighted by Crippen LogP contribution is 2.46. The van der Waals surface area contributed by atoms with Crippen molar-refractivity contribution < 1.29 is 46.9 Å². The van der Waals surface area contributed by atoms with E-state index >= 15 is 13.2 Å². The molecule has 16 heteroatoms. The van der Waals surface area contributed by atoms with Crippen LogP contribution < -0.4 is 10.7 Å². The second-order valence-electron chi connectivity index (χ2n) is 20.8. The molecule has 2 amide bonds. The largest absolute Gasteiger partial charge is 0.508 e. The Hall–Kier alpha value is -4.93. The molecule has 4 atom stereocenters. The number of allylic oxidation sites excluding steroid dienone is 1. The lowest BCUT2D eigenvalue weighted by Gasteiger charge is -2.37. The first-order chi connectivity index (χ1) is 31.1. The van der Waals surface area contributed by atoms with E-state index in [9.17, 15) is 19.5 Å². The van der Waals surface area contributed by atoms with Gasteiger partial charge in [-0.2, -0.15) is 13.2 Å². The number of nitrogens with one attached hydrogen (secondary N) is 2. The van der Waals surface area contributed by atoms with Crippen molar-refractivity contribution in [2.24, 2.45) is 22.2 Å². The van der Waals surface area contributed by atoms with E-state index in [4.69, 9.17) is 19.2 Å². The fraction of sp³-hybridized carbons (Fsp3) is 0.600. The molecule has 3 aromatic rings. The number of rotatable bonds is 7. The van der Waals surface area contributed by atoms with Gasteiger partial charge in [-0.3, -0.25) is 19.6 Å². The average molecular weight is 919 g/mol. The zero-order chi connectivity index (χ0) is 47.3. The third kappa shape index (κ3) is 10.9. The van der Waals surface area contributed by atoms with Crippen molar-refractivity contribution in [3.63, 3.8) is 0 Å². The van der Waals surface area contributed by atoms with E-state index in [0.717, 1.165) is 25.9 Å². The Labute approximate surface area is 385 Å². The number of likely N-dealkylation sites (tertiary alicyclic amines) is 1. The number of methoxy groups -OCH3 is 1. The summed E-state index contributed by atoms with van der Waals surface area (Å²) in [6.45, 7) is 11.8. The number of carbonyl (C=O) groups is 3. The van der Waals surface area contributed by atoms with Gasteiger partial charge in [0.05, 0.1) is 24.1 Å². The van der Waals surface area contributed by atoms with Crippen LogP contribution in [-0.2, 0) is 43.2 Å². The Kier molecular flexibility index (Phi) is 13.4. The molecule has 0 spiro atoms. The van der Waals surface area contributed by atoms with Gasteiger partial charge in [0.2, 0.25) is 0 Å². The number of aromatic nitrogens is 1. The smallest absolute Gasteiger partial charge is 0.408 e. The minimum atomic E-state index is -4.59. The third-order valence-corrected chi connectivity index (χ3v) is 13.7. The highest BCUT2D eigenvalue weighted by molar-refractivity contribution is 5.95. The lowest BCUT2D eigenvalue weighted by atomic mass is 9.77. The Morgan fingerprint density at radius 2 is 1.76 bits per heavy atom. The lowest BCUT2D eigenvalue weighted by molar-refractivity contribution is -0.155. The van der Waals surface area contributed by atoms with E-state index in [-0.39, 0.29) is 37.7 Å². The number of carbonyl (C=O) groups excluding carboxylic acids is 3. The predicted octanol–water partition coefficient (Wildman–Crippen LogP) is 8.34. The molecule has 3 N–H and O–H groups in total. The molecule has 13 nitrogen and oxygen atoms in total. The number of hydrogen-bond donors (Lipinski definition) is 3. The number of aliphatic imine (C=N–C) groups is 1. The van der Waals surface area contributed by atoms with Crippen molar-refractivity contribution in [3.8, 4) is 16.9 Å². The third-order valence-electron chi connectivity index (χ3n) is 13.7. The van der Waals surface area contributed by atoms with Crippen LogP contribution in [0.5, 0.6) is 5.75 Å². The van der Waals surface area contributed by atoms with Crippen molar-refractivity contribution in [2.45, 2.75) is 142 Å². The average Bonchev–Trinajstić information content (AvgIpc) is 4.07. The number of alkyl carbamates (subject to hydrolysis) is 1. The maximum atomic E-state index is 15.0. The molecule has 358 valence electrons. The number of alkyl halides is 3. The maximum absolute atomic E-state index is 15.0. The molecular formula is C50H65F3N6O7. The molecule has 2 saturated heterocycles. The van der Waals surface area contributed by atoms with Gasteiger partial charge in [-0.05, 0) is 145 Å². The molecule has 0 radical (unpaired) electrons. The molecule has 1 aromatic heterocycles. The van der Waals surface area contributed by atoms with Crippen LogP contribution in [0.4, 0.5) is 18.0 Å².